The van der Waals surface area contributed by atoms with Gasteiger partial charge in [-0.3, -0.25) is 10.1 Å². The predicted octanol–water partition coefficient (Wildman–Crippen LogP) is 3.11. The first kappa shape index (κ1) is 12.9. The van der Waals surface area contributed by atoms with Crippen molar-refractivity contribution < 1.29 is 4.92 Å². The molecule has 3 aromatic rings. The van der Waals surface area contributed by atoms with Crippen LogP contribution in [0.5, 0.6) is 0 Å². The molecule has 2 aromatic carbocycles. The van der Waals surface area contributed by atoms with E-state index in [1.54, 1.807) is 18.3 Å². The van der Waals surface area contributed by atoms with E-state index in [4.69, 9.17) is 0 Å². The van der Waals surface area contributed by atoms with E-state index < -0.39 is 4.92 Å². The molecular formula is C15H10N4O2. The summed E-state index contributed by atoms with van der Waals surface area (Å²) in [5, 5.41) is 18.8. The van der Waals surface area contributed by atoms with Gasteiger partial charge in [0.05, 0.1) is 11.1 Å². The lowest BCUT2D eigenvalue weighted by Crippen LogP contribution is -1.95. The summed E-state index contributed by atoms with van der Waals surface area (Å²) in [5.74, 6) is 0.435. The molecule has 0 N–H and O–H groups in total. The van der Waals surface area contributed by atoms with Crippen LogP contribution < -0.4 is 0 Å². The maximum atomic E-state index is 10.6. The number of hydrogen-bond acceptors (Lipinski definition) is 5. The van der Waals surface area contributed by atoms with Crippen molar-refractivity contribution in [2.75, 3.05) is 0 Å². The molecule has 0 fully saturated rings. The van der Waals surface area contributed by atoms with Crippen LogP contribution in [0.1, 0.15) is 0 Å². The zero-order valence-corrected chi connectivity index (χ0v) is 10.9. The molecule has 0 saturated heterocycles. The average Bonchev–Trinajstić information content (AvgIpc) is 2.56. The summed E-state index contributed by atoms with van der Waals surface area (Å²) in [6, 6.07) is 15.7. The van der Waals surface area contributed by atoms with Crippen LogP contribution in [0.15, 0.2) is 60.8 Å². The Labute approximate surface area is 120 Å². The van der Waals surface area contributed by atoms with Gasteiger partial charge in [-0.1, -0.05) is 30.3 Å². The van der Waals surface area contributed by atoms with Gasteiger partial charge in [-0.2, -0.15) is 0 Å². The third-order valence-corrected chi connectivity index (χ3v) is 2.97. The Morgan fingerprint density at radius 3 is 2.14 bits per heavy atom. The van der Waals surface area contributed by atoms with E-state index in [2.05, 4.69) is 15.2 Å². The first-order valence-corrected chi connectivity index (χ1v) is 6.24. The molecular weight excluding hydrogens is 268 g/mol. The van der Waals surface area contributed by atoms with Crippen LogP contribution >= 0.6 is 0 Å². The highest BCUT2D eigenvalue weighted by Crippen LogP contribution is 2.20. The van der Waals surface area contributed by atoms with Crippen LogP contribution in [0.2, 0.25) is 0 Å². The minimum absolute atomic E-state index is 0.0348. The maximum absolute atomic E-state index is 10.6. The molecule has 1 heterocycles. The molecule has 0 atom stereocenters. The fraction of sp³-hybridized carbons (Fsp3) is 0. The van der Waals surface area contributed by atoms with Crippen LogP contribution in [-0.4, -0.2) is 20.1 Å². The molecule has 0 saturated carbocycles. The van der Waals surface area contributed by atoms with E-state index >= 15 is 0 Å². The lowest BCUT2D eigenvalue weighted by atomic mass is 10.1. The molecule has 0 spiro atoms. The largest absolute Gasteiger partial charge is 0.269 e. The predicted molar refractivity (Wildman–Crippen MR) is 77.4 cm³/mol. The van der Waals surface area contributed by atoms with E-state index in [9.17, 15) is 10.1 Å². The Morgan fingerprint density at radius 1 is 0.857 bits per heavy atom. The van der Waals surface area contributed by atoms with Crippen molar-refractivity contribution in [1.82, 2.24) is 15.2 Å². The third kappa shape index (κ3) is 2.74. The monoisotopic (exact) mass is 278 g/mol. The number of hydrogen-bond donors (Lipinski definition) is 0. The molecule has 3 rings (SSSR count). The van der Waals surface area contributed by atoms with Crippen molar-refractivity contribution in [3.63, 3.8) is 0 Å². The molecule has 1 aromatic heterocycles. The number of rotatable bonds is 3. The molecule has 0 aliphatic carbocycles. The second kappa shape index (κ2) is 5.46. The van der Waals surface area contributed by atoms with Crippen molar-refractivity contribution in [2.45, 2.75) is 0 Å². The molecule has 0 aliphatic rings. The van der Waals surface area contributed by atoms with Gasteiger partial charge < -0.3 is 0 Å². The minimum Gasteiger partial charge on any atom is -0.258 e. The van der Waals surface area contributed by atoms with Crippen LogP contribution in [-0.2, 0) is 0 Å². The molecule has 0 aliphatic heterocycles. The van der Waals surface area contributed by atoms with Gasteiger partial charge in [-0.05, 0) is 12.1 Å². The quantitative estimate of drug-likeness (QED) is 0.543. The van der Waals surface area contributed by atoms with Gasteiger partial charge in [0.2, 0.25) is 0 Å². The van der Waals surface area contributed by atoms with E-state index in [0.717, 1.165) is 5.56 Å². The number of benzene rings is 2. The Balaban J connectivity index is 1.89. The van der Waals surface area contributed by atoms with Crippen molar-refractivity contribution in [2.24, 2.45) is 0 Å². The maximum Gasteiger partial charge on any atom is 0.269 e. The highest BCUT2D eigenvalue weighted by molar-refractivity contribution is 5.60. The van der Waals surface area contributed by atoms with E-state index in [1.165, 1.54) is 12.1 Å². The van der Waals surface area contributed by atoms with Gasteiger partial charge in [0.15, 0.2) is 5.82 Å². The normalized spacial score (nSPS) is 10.3. The Kier molecular flexibility index (Phi) is 3.34. The molecule has 0 amide bonds. The molecule has 102 valence electrons. The molecule has 6 heteroatoms. The zero-order valence-electron chi connectivity index (χ0n) is 10.9. The van der Waals surface area contributed by atoms with Gasteiger partial charge in [-0.15, -0.1) is 10.2 Å². The van der Waals surface area contributed by atoms with Crippen LogP contribution in [0.3, 0.4) is 0 Å². The molecule has 6 nitrogen and oxygen atoms in total. The number of nitro groups is 1. The second-order valence-electron chi connectivity index (χ2n) is 4.34. The topological polar surface area (TPSA) is 81.8 Å². The lowest BCUT2D eigenvalue weighted by molar-refractivity contribution is -0.384. The first-order valence-electron chi connectivity index (χ1n) is 6.24. The summed E-state index contributed by atoms with van der Waals surface area (Å²) in [5.41, 5.74) is 2.34. The number of aromatic nitrogens is 3. The summed E-state index contributed by atoms with van der Waals surface area (Å²) in [4.78, 5) is 14.4. The summed E-state index contributed by atoms with van der Waals surface area (Å²) in [6.45, 7) is 0. The SMILES string of the molecule is O=[N+]([O-])c1ccc(-c2ncc(-c3ccccc3)nn2)cc1. The van der Waals surface area contributed by atoms with Gasteiger partial charge in [0.1, 0.15) is 5.69 Å². The zero-order chi connectivity index (χ0) is 14.7. The number of nitro benzene ring substituents is 1. The molecule has 0 unspecified atom stereocenters. The number of non-ortho nitro benzene ring substituents is 1. The standard InChI is InChI=1S/C15H10N4O2/c20-19(21)13-8-6-12(7-9-13)15-16-10-14(17-18-15)11-4-2-1-3-5-11/h1-10H. The van der Waals surface area contributed by atoms with Crippen LogP contribution in [0.25, 0.3) is 22.6 Å². The number of nitrogens with zero attached hydrogens (tertiary/aromatic N) is 4. The van der Waals surface area contributed by atoms with E-state index in [0.29, 0.717) is 17.1 Å². The summed E-state index contributed by atoms with van der Waals surface area (Å²) >= 11 is 0. The van der Waals surface area contributed by atoms with Gasteiger partial charge in [0, 0.05) is 23.3 Å². The van der Waals surface area contributed by atoms with Crippen molar-refractivity contribution in [3.05, 3.63) is 70.9 Å². The Bertz CT molecular complexity index is 756. The Hall–Kier alpha value is -3.15. The van der Waals surface area contributed by atoms with Gasteiger partial charge >= 0.3 is 0 Å². The minimum atomic E-state index is -0.443. The third-order valence-electron chi connectivity index (χ3n) is 2.97. The Morgan fingerprint density at radius 2 is 1.57 bits per heavy atom. The summed E-state index contributed by atoms with van der Waals surface area (Å²) in [6.07, 6.45) is 1.64. The molecule has 21 heavy (non-hydrogen) atoms. The lowest BCUT2D eigenvalue weighted by Gasteiger charge is -2.01. The van der Waals surface area contributed by atoms with Gasteiger partial charge in [-0.25, -0.2) is 4.98 Å². The molecule has 0 radical (unpaired) electrons. The summed E-state index contributed by atoms with van der Waals surface area (Å²) < 4.78 is 0. The van der Waals surface area contributed by atoms with Crippen LogP contribution in [0.4, 0.5) is 5.69 Å². The van der Waals surface area contributed by atoms with E-state index in [-0.39, 0.29) is 5.69 Å². The van der Waals surface area contributed by atoms with Crippen molar-refractivity contribution >= 4 is 5.69 Å². The first-order chi connectivity index (χ1) is 10.2. The van der Waals surface area contributed by atoms with Crippen LogP contribution in [0, 0.1) is 10.1 Å². The fourth-order valence-electron chi connectivity index (χ4n) is 1.88. The highest BCUT2D eigenvalue weighted by Gasteiger charge is 2.08. The van der Waals surface area contributed by atoms with Crippen molar-refractivity contribution in [3.8, 4) is 22.6 Å². The summed E-state index contributed by atoms with van der Waals surface area (Å²) in [7, 11) is 0. The second-order valence-corrected chi connectivity index (χ2v) is 4.34. The highest BCUT2D eigenvalue weighted by atomic mass is 16.6. The smallest absolute Gasteiger partial charge is 0.258 e. The van der Waals surface area contributed by atoms with Gasteiger partial charge in [0.25, 0.3) is 5.69 Å². The van der Waals surface area contributed by atoms with E-state index in [1.807, 2.05) is 30.3 Å². The average molecular weight is 278 g/mol. The molecule has 0 bridgehead atoms. The fourth-order valence-corrected chi connectivity index (χ4v) is 1.88. The van der Waals surface area contributed by atoms with Crippen molar-refractivity contribution in [1.29, 1.82) is 0 Å².